The van der Waals surface area contributed by atoms with Crippen molar-refractivity contribution in [3.63, 3.8) is 0 Å². The lowest BCUT2D eigenvalue weighted by atomic mass is 9.47. The van der Waals surface area contributed by atoms with Crippen LogP contribution >= 0.6 is 0 Å². The van der Waals surface area contributed by atoms with Crippen LogP contribution in [0.3, 0.4) is 0 Å². The average molecular weight is 238 g/mol. The standard InChI is InChI=1S/C15H26O2/c1-11-5-6-12-13(2,3)15(17,10-16)8-7-14(12,4)9-11/h12,16-17H,1,5-10H2,2-4H3. The van der Waals surface area contributed by atoms with Gasteiger partial charge in [0.2, 0.25) is 0 Å². The van der Waals surface area contributed by atoms with Crippen LogP contribution in [-0.4, -0.2) is 22.4 Å². The second kappa shape index (κ2) is 3.83. The molecule has 0 aromatic heterocycles. The lowest BCUT2D eigenvalue weighted by Gasteiger charge is -2.60. The Morgan fingerprint density at radius 2 is 1.94 bits per heavy atom. The Hall–Kier alpha value is -0.340. The van der Waals surface area contributed by atoms with Crippen molar-refractivity contribution in [3.8, 4) is 0 Å². The number of hydrogen-bond acceptors (Lipinski definition) is 2. The van der Waals surface area contributed by atoms with Gasteiger partial charge in [0, 0.05) is 0 Å². The lowest BCUT2D eigenvalue weighted by molar-refractivity contribution is -0.193. The minimum atomic E-state index is -0.907. The van der Waals surface area contributed by atoms with Crippen LogP contribution in [0.5, 0.6) is 0 Å². The first kappa shape index (κ1) is 13.1. The zero-order chi connectivity index (χ0) is 12.9. The highest BCUT2D eigenvalue weighted by atomic mass is 16.3. The predicted molar refractivity (Wildman–Crippen MR) is 69.6 cm³/mol. The molecule has 98 valence electrons. The molecule has 2 nitrogen and oxygen atoms in total. The molecule has 2 aliphatic rings. The summed E-state index contributed by atoms with van der Waals surface area (Å²) >= 11 is 0. The van der Waals surface area contributed by atoms with E-state index in [0.29, 0.717) is 12.3 Å². The van der Waals surface area contributed by atoms with Gasteiger partial charge in [-0.15, -0.1) is 0 Å². The second-order valence-electron chi connectivity index (χ2n) is 7.08. The van der Waals surface area contributed by atoms with Crippen molar-refractivity contribution in [2.24, 2.45) is 16.7 Å². The molecule has 2 rings (SSSR count). The zero-order valence-corrected chi connectivity index (χ0v) is 11.4. The Morgan fingerprint density at radius 3 is 2.53 bits per heavy atom. The van der Waals surface area contributed by atoms with Gasteiger partial charge in [0.25, 0.3) is 0 Å². The van der Waals surface area contributed by atoms with E-state index in [2.05, 4.69) is 27.4 Å². The summed E-state index contributed by atoms with van der Waals surface area (Å²) in [5.74, 6) is 0.478. The fraction of sp³-hybridized carbons (Fsp3) is 0.867. The highest BCUT2D eigenvalue weighted by molar-refractivity contribution is 5.15. The molecule has 2 aliphatic carbocycles. The van der Waals surface area contributed by atoms with Gasteiger partial charge in [-0.05, 0) is 48.9 Å². The summed E-state index contributed by atoms with van der Waals surface area (Å²) in [7, 11) is 0. The SMILES string of the molecule is C=C1CCC2C(C)(CCC(O)(CO)C2(C)C)C1. The molecule has 0 amide bonds. The van der Waals surface area contributed by atoms with Crippen LogP contribution < -0.4 is 0 Å². The molecule has 17 heavy (non-hydrogen) atoms. The van der Waals surface area contributed by atoms with Gasteiger partial charge in [0.05, 0.1) is 12.2 Å². The molecule has 2 N–H and O–H groups in total. The summed E-state index contributed by atoms with van der Waals surface area (Å²) in [4.78, 5) is 0. The molecule has 0 radical (unpaired) electrons. The van der Waals surface area contributed by atoms with E-state index >= 15 is 0 Å². The third-order valence-corrected chi connectivity index (χ3v) is 5.72. The second-order valence-corrected chi connectivity index (χ2v) is 7.08. The topological polar surface area (TPSA) is 40.5 Å². The number of aliphatic hydroxyl groups is 2. The van der Waals surface area contributed by atoms with Crippen LogP contribution in [0.4, 0.5) is 0 Å². The van der Waals surface area contributed by atoms with Crippen LogP contribution in [0.1, 0.15) is 52.9 Å². The van der Waals surface area contributed by atoms with Gasteiger partial charge in [-0.2, -0.15) is 0 Å². The molecule has 3 unspecified atom stereocenters. The normalized spacial score (nSPS) is 45.5. The molecule has 0 saturated heterocycles. The molecule has 0 aromatic rings. The fourth-order valence-electron chi connectivity index (χ4n) is 4.40. The van der Waals surface area contributed by atoms with Gasteiger partial charge in [-0.1, -0.05) is 32.9 Å². The minimum Gasteiger partial charge on any atom is -0.393 e. The van der Waals surface area contributed by atoms with Crippen LogP contribution in [-0.2, 0) is 0 Å². The quantitative estimate of drug-likeness (QED) is 0.690. The first-order valence-corrected chi connectivity index (χ1v) is 6.75. The van der Waals surface area contributed by atoms with E-state index in [-0.39, 0.29) is 17.4 Å². The molecule has 0 aromatic carbocycles. The van der Waals surface area contributed by atoms with Crippen LogP contribution in [0.25, 0.3) is 0 Å². The van der Waals surface area contributed by atoms with E-state index in [1.54, 1.807) is 0 Å². The minimum absolute atomic E-state index is 0.118. The van der Waals surface area contributed by atoms with Crippen LogP contribution in [0, 0.1) is 16.7 Å². The molecular weight excluding hydrogens is 212 g/mol. The number of aliphatic hydroxyl groups excluding tert-OH is 1. The molecule has 0 heterocycles. The molecule has 0 bridgehead atoms. The summed E-state index contributed by atoms with van der Waals surface area (Å²) < 4.78 is 0. The van der Waals surface area contributed by atoms with E-state index in [1.165, 1.54) is 5.57 Å². The molecule has 2 saturated carbocycles. The fourth-order valence-corrected chi connectivity index (χ4v) is 4.40. The average Bonchev–Trinajstić information content (AvgIpc) is 2.23. The summed E-state index contributed by atoms with van der Waals surface area (Å²) in [5, 5.41) is 20.2. The van der Waals surface area contributed by atoms with Gasteiger partial charge in [-0.25, -0.2) is 0 Å². The maximum Gasteiger partial charge on any atom is 0.0930 e. The first-order chi connectivity index (χ1) is 7.75. The van der Waals surface area contributed by atoms with E-state index in [1.807, 2.05) is 0 Å². The van der Waals surface area contributed by atoms with Gasteiger partial charge < -0.3 is 10.2 Å². The maximum absolute atomic E-state index is 10.7. The third kappa shape index (κ3) is 1.77. The maximum atomic E-state index is 10.7. The van der Waals surface area contributed by atoms with Crippen molar-refractivity contribution in [3.05, 3.63) is 12.2 Å². The van der Waals surface area contributed by atoms with Crippen molar-refractivity contribution >= 4 is 0 Å². The summed E-state index contributed by atoms with van der Waals surface area (Å²) in [6.45, 7) is 10.6. The lowest BCUT2D eigenvalue weighted by Crippen LogP contribution is -2.60. The monoisotopic (exact) mass is 238 g/mol. The number of allylic oxidation sites excluding steroid dienone is 1. The highest BCUT2D eigenvalue weighted by Crippen LogP contribution is 2.61. The predicted octanol–water partition coefficient (Wildman–Crippen LogP) is 2.89. The molecule has 0 spiro atoms. The first-order valence-electron chi connectivity index (χ1n) is 6.75. The van der Waals surface area contributed by atoms with Gasteiger partial charge in [0.15, 0.2) is 0 Å². The molecule has 0 aliphatic heterocycles. The largest absolute Gasteiger partial charge is 0.393 e. The van der Waals surface area contributed by atoms with Crippen LogP contribution in [0.2, 0.25) is 0 Å². The Labute approximate surface area is 105 Å². The van der Waals surface area contributed by atoms with Crippen molar-refractivity contribution < 1.29 is 10.2 Å². The van der Waals surface area contributed by atoms with Gasteiger partial charge >= 0.3 is 0 Å². The zero-order valence-electron chi connectivity index (χ0n) is 11.4. The van der Waals surface area contributed by atoms with Gasteiger partial charge in [0.1, 0.15) is 0 Å². The number of hydrogen-bond donors (Lipinski definition) is 2. The van der Waals surface area contributed by atoms with Gasteiger partial charge in [-0.3, -0.25) is 0 Å². The Kier molecular flexibility index (Phi) is 2.95. The van der Waals surface area contributed by atoms with Crippen molar-refractivity contribution in [1.29, 1.82) is 0 Å². The Morgan fingerprint density at radius 1 is 1.29 bits per heavy atom. The summed E-state index contributed by atoms with van der Waals surface area (Å²) in [6, 6.07) is 0. The van der Waals surface area contributed by atoms with E-state index in [4.69, 9.17) is 0 Å². The summed E-state index contributed by atoms with van der Waals surface area (Å²) in [6.07, 6.45) is 4.96. The van der Waals surface area contributed by atoms with Crippen molar-refractivity contribution in [2.45, 2.75) is 58.5 Å². The molecular formula is C15H26O2. The molecule has 3 atom stereocenters. The Bertz CT molecular complexity index is 334. The number of rotatable bonds is 1. The molecule has 2 fully saturated rings. The van der Waals surface area contributed by atoms with Crippen LogP contribution in [0.15, 0.2) is 12.2 Å². The number of fused-ring (bicyclic) bond motifs is 1. The summed E-state index contributed by atoms with van der Waals surface area (Å²) in [5.41, 5.74) is 0.500. The van der Waals surface area contributed by atoms with E-state index in [0.717, 1.165) is 25.7 Å². The Balaban J connectivity index is 2.35. The van der Waals surface area contributed by atoms with Crippen molar-refractivity contribution in [1.82, 2.24) is 0 Å². The highest BCUT2D eigenvalue weighted by Gasteiger charge is 2.58. The third-order valence-electron chi connectivity index (χ3n) is 5.72. The van der Waals surface area contributed by atoms with E-state index in [9.17, 15) is 10.2 Å². The molecule has 2 heteroatoms. The van der Waals surface area contributed by atoms with Crippen molar-refractivity contribution in [2.75, 3.05) is 6.61 Å². The smallest absolute Gasteiger partial charge is 0.0930 e. The van der Waals surface area contributed by atoms with E-state index < -0.39 is 5.60 Å².